The van der Waals surface area contributed by atoms with Crippen LogP contribution in [0.5, 0.6) is 0 Å². The number of nitro groups is 1. The monoisotopic (exact) mass is 240 g/mol. The summed E-state index contributed by atoms with van der Waals surface area (Å²) in [6.45, 7) is 0. The summed E-state index contributed by atoms with van der Waals surface area (Å²) in [6, 6.07) is 5.49. The molecule has 1 rings (SSSR count). The van der Waals surface area contributed by atoms with Crippen LogP contribution in [0.2, 0.25) is 0 Å². The molecule has 1 unspecified atom stereocenters. The quantitative estimate of drug-likeness (QED) is 0.592. The average Bonchev–Trinajstić information content (AvgIpc) is 2.28. The normalized spacial score (nSPS) is 11.9. The molecule has 0 bridgehead atoms. The highest BCUT2D eigenvalue weighted by Crippen LogP contribution is 2.14. The van der Waals surface area contributed by atoms with Gasteiger partial charge in [0.05, 0.1) is 4.92 Å². The van der Waals surface area contributed by atoms with E-state index >= 15 is 0 Å². The first-order chi connectivity index (χ1) is 7.91. The molecule has 17 heavy (non-hydrogen) atoms. The van der Waals surface area contributed by atoms with Crippen molar-refractivity contribution in [1.82, 2.24) is 4.90 Å². The molecule has 0 saturated heterocycles. The molecule has 1 aromatic rings. The van der Waals surface area contributed by atoms with Crippen LogP contribution >= 0.6 is 0 Å². The third kappa shape index (κ3) is 3.51. The van der Waals surface area contributed by atoms with Gasteiger partial charge in [0.2, 0.25) is 0 Å². The van der Waals surface area contributed by atoms with Crippen molar-refractivity contribution in [3.05, 3.63) is 39.9 Å². The molecule has 92 valence electrons. The molecule has 0 aliphatic heterocycles. The Labute approximate surface area is 98.0 Å². The number of amides is 1. The fraction of sp³-hybridized carbons (Fsp3) is 0.364. The molecule has 0 radical (unpaired) electrons. The molecule has 0 fully saturated rings. The Morgan fingerprint density at radius 2 is 1.94 bits per heavy atom. The van der Waals surface area contributed by atoms with Gasteiger partial charge >= 0.3 is 0 Å². The highest BCUT2D eigenvalue weighted by Gasteiger charge is 2.19. The van der Waals surface area contributed by atoms with Gasteiger partial charge in [0.25, 0.3) is 11.6 Å². The second-order valence-electron chi connectivity index (χ2n) is 3.83. The van der Waals surface area contributed by atoms with Crippen molar-refractivity contribution in [3.8, 4) is 0 Å². The van der Waals surface area contributed by atoms with Crippen LogP contribution in [0.25, 0.3) is 0 Å². The van der Waals surface area contributed by atoms with Crippen molar-refractivity contribution >= 4 is 11.6 Å². The van der Waals surface area contributed by atoms with E-state index in [4.69, 9.17) is 0 Å². The minimum Gasteiger partial charge on any atom is -0.346 e. The zero-order chi connectivity index (χ0) is 13.0. The maximum atomic E-state index is 13.5. The van der Waals surface area contributed by atoms with Crippen molar-refractivity contribution in [2.75, 3.05) is 14.1 Å². The zero-order valence-electron chi connectivity index (χ0n) is 9.59. The fourth-order valence-electron chi connectivity index (χ4n) is 1.33. The molecule has 0 aliphatic rings. The molecule has 0 N–H and O–H groups in total. The number of nitro benzene ring substituents is 1. The summed E-state index contributed by atoms with van der Waals surface area (Å²) in [7, 11) is 2.95. The maximum Gasteiger partial charge on any atom is 0.269 e. The summed E-state index contributed by atoms with van der Waals surface area (Å²) in [6.07, 6.45) is -1.69. The second-order valence-corrected chi connectivity index (χ2v) is 3.83. The van der Waals surface area contributed by atoms with E-state index in [9.17, 15) is 19.3 Å². The molecular formula is C11H13FN2O3. The number of hydrogen-bond donors (Lipinski definition) is 0. The van der Waals surface area contributed by atoms with Gasteiger partial charge in [0, 0.05) is 32.6 Å². The van der Waals surface area contributed by atoms with Crippen molar-refractivity contribution in [2.24, 2.45) is 0 Å². The number of non-ortho nitro benzene ring substituents is 1. The first-order valence-electron chi connectivity index (χ1n) is 5.00. The van der Waals surface area contributed by atoms with Crippen molar-refractivity contribution in [2.45, 2.75) is 12.6 Å². The van der Waals surface area contributed by atoms with E-state index < -0.39 is 17.0 Å². The van der Waals surface area contributed by atoms with Gasteiger partial charge in [-0.05, 0) is 5.56 Å². The van der Waals surface area contributed by atoms with Crippen LogP contribution in [-0.4, -0.2) is 36.0 Å². The van der Waals surface area contributed by atoms with Crippen LogP contribution in [0.15, 0.2) is 24.3 Å². The third-order valence-electron chi connectivity index (χ3n) is 2.27. The topological polar surface area (TPSA) is 63.5 Å². The Morgan fingerprint density at radius 3 is 2.35 bits per heavy atom. The first kappa shape index (κ1) is 13.1. The van der Waals surface area contributed by atoms with Gasteiger partial charge in [-0.15, -0.1) is 0 Å². The summed E-state index contributed by atoms with van der Waals surface area (Å²) < 4.78 is 13.5. The molecule has 5 nitrogen and oxygen atoms in total. The highest BCUT2D eigenvalue weighted by atomic mass is 19.1. The van der Waals surface area contributed by atoms with Gasteiger partial charge in [-0.3, -0.25) is 14.9 Å². The second kappa shape index (κ2) is 5.38. The minimum absolute atomic E-state index is 0.0527. The van der Waals surface area contributed by atoms with Gasteiger partial charge in [0.1, 0.15) is 0 Å². The van der Waals surface area contributed by atoms with Crippen LogP contribution in [0, 0.1) is 10.1 Å². The minimum atomic E-state index is -1.62. The van der Waals surface area contributed by atoms with E-state index in [2.05, 4.69) is 0 Å². The number of carbonyl (C=O) groups excluding carboxylic acids is 1. The lowest BCUT2D eigenvalue weighted by molar-refractivity contribution is -0.384. The van der Waals surface area contributed by atoms with E-state index in [1.807, 2.05) is 0 Å². The number of alkyl halides is 1. The van der Waals surface area contributed by atoms with Crippen molar-refractivity contribution < 1.29 is 14.1 Å². The molecule has 6 heteroatoms. The van der Waals surface area contributed by atoms with Gasteiger partial charge in [-0.2, -0.15) is 0 Å². The largest absolute Gasteiger partial charge is 0.346 e. The number of halogens is 1. The number of benzene rings is 1. The Kier molecular flexibility index (Phi) is 4.14. The van der Waals surface area contributed by atoms with Crippen LogP contribution in [-0.2, 0) is 11.2 Å². The summed E-state index contributed by atoms with van der Waals surface area (Å²) in [5, 5.41) is 10.4. The number of hydrogen-bond acceptors (Lipinski definition) is 3. The van der Waals surface area contributed by atoms with Gasteiger partial charge in [-0.1, -0.05) is 12.1 Å². The molecule has 0 heterocycles. The standard InChI is InChI=1S/C11H13FN2O3/c1-13(2)11(15)10(12)7-8-3-5-9(6-4-8)14(16)17/h3-6,10H,7H2,1-2H3. The summed E-state index contributed by atoms with van der Waals surface area (Å²) in [4.78, 5) is 22.3. The van der Waals surface area contributed by atoms with E-state index in [1.54, 1.807) is 0 Å². The van der Waals surface area contributed by atoms with E-state index in [1.165, 1.54) is 43.3 Å². The molecular weight excluding hydrogens is 227 g/mol. The van der Waals surface area contributed by atoms with Crippen LogP contribution in [0.3, 0.4) is 0 Å². The van der Waals surface area contributed by atoms with E-state index in [0.29, 0.717) is 5.56 Å². The lowest BCUT2D eigenvalue weighted by Gasteiger charge is -2.13. The Hall–Kier alpha value is -1.98. The Balaban J connectivity index is 2.69. The highest BCUT2D eigenvalue weighted by molar-refractivity contribution is 5.80. The van der Waals surface area contributed by atoms with Crippen molar-refractivity contribution in [3.63, 3.8) is 0 Å². The predicted octanol–water partition coefficient (Wildman–Crippen LogP) is 1.56. The van der Waals surface area contributed by atoms with Crippen LogP contribution < -0.4 is 0 Å². The number of nitrogens with zero attached hydrogens (tertiary/aromatic N) is 2. The molecule has 0 spiro atoms. The Bertz CT molecular complexity index is 417. The molecule has 0 saturated carbocycles. The summed E-state index contributed by atoms with van der Waals surface area (Å²) in [5.41, 5.74) is 0.501. The lowest BCUT2D eigenvalue weighted by Crippen LogP contribution is -2.32. The van der Waals surface area contributed by atoms with E-state index in [-0.39, 0.29) is 12.1 Å². The molecule has 1 aromatic carbocycles. The van der Waals surface area contributed by atoms with Crippen LogP contribution in [0.4, 0.5) is 10.1 Å². The number of rotatable bonds is 4. The van der Waals surface area contributed by atoms with Gasteiger partial charge in [-0.25, -0.2) is 4.39 Å². The van der Waals surface area contributed by atoms with E-state index in [0.717, 1.165) is 0 Å². The smallest absolute Gasteiger partial charge is 0.269 e. The molecule has 1 atom stereocenters. The fourth-order valence-corrected chi connectivity index (χ4v) is 1.33. The van der Waals surface area contributed by atoms with Crippen molar-refractivity contribution in [1.29, 1.82) is 0 Å². The number of carbonyl (C=O) groups is 1. The zero-order valence-corrected chi connectivity index (χ0v) is 9.59. The molecule has 0 aliphatic carbocycles. The Morgan fingerprint density at radius 1 is 1.41 bits per heavy atom. The van der Waals surface area contributed by atoms with Gasteiger partial charge in [0.15, 0.2) is 6.17 Å². The SMILES string of the molecule is CN(C)C(=O)C(F)Cc1ccc([N+](=O)[O-])cc1. The van der Waals surface area contributed by atoms with Crippen LogP contribution in [0.1, 0.15) is 5.56 Å². The lowest BCUT2D eigenvalue weighted by atomic mass is 10.1. The predicted molar refractivity (Wildman–Crippen MR) is 60.4 cm³/mol. The van der Waals surface area contributed by atoms with Gasteiger partial charge < -0.3 is 4.90 Å². The average molecular weight is 240 g/mol. The molecule has 0 aromatic heterocycles. The maximum absolute atomic E-state index is 13.5. The first-order valence-corrected chi connectivity index (χ1v) is 5.00. The summed E-state index contributed by atoms with van der Waals surface area (Å²) in [5.74, 6) is -0.608. The summed E-state index contributed by atoms with van der Waals surface area (Å²) >= 11 is 0. The third-order valence-corrected chi connectivity index (χ3v) is 2.27. The molecule has 1 amide bonds.